The number of rotatable bonds is 4. The zero-order valence-corrected chi connectivity index (χ0v) is 10.1. The number of halogens is 1. The van der Waals surface area contributed by atoms with Gasteiger partial charge < -0.3 is 21.3 Å². The van der Waals surface area contributed by atoms with Crippen molar-refractivity contribution in [3.8, 4) is 0 Å². The molecule has 1 atom stereocenters. The fourth-order valence-electron chi connectivity index (χ4n) is 1.10. The van der Waals surface area contributed by atoms with Gasteiger partial charge in [-0.1, -0.05) is 15.9 Å². The molecule has 88 valence electrons. The average Bonchev–Trinajstić information content (AvgIpc) is 2.28. The van der Waals surface area contributed by atoms with Crippen LogP contribution >= 0.6 is 15.9 Å². The Morgan fingerprint density at radius 3 is 2.88 bits per heavy atom. The number of carbonyl (C=O) groups excluding carboxylic acids is 1. The second-order valence-corrected chi connectivity index (χ2v) is 4.19. The molecule has 0 saturated heterocycles. The standard InChI is InChI=1S/C10H13BrN2O3/c11-6-1-2-9(12)8(3-6)10(16)13-4-7(15)5-14/h1-3,7,14-15H,4-5,12H2,(H,13,16). The molecule has 0 aliphatic carbocycles. The van der Waals surface area contributed by atoms with Crippen molar-refractivity contribution < 1.29 is 15.0 Å². The van der Waals surface area contributed by atoms with Gasteiger partial charge in [-0.3, -0.25) is 4.79 Å². The molecule has 0 saturated carbocycles. The number of hydrogen-bond acceptors (Lipinski definition) is 4. The van der Waals surface area contributed by atoms with E-state index in [2.05, 4.69) is 21.2 Å². The highest BCUT2D eigenvalue weighted by molar-refractivity contribution is 9.10. The summed E-state index contributed by atoms with van der Waals surface area (Å²) >= 11 is 3.23. The lowest BCUT2D eigenvalue weighted by molar-refractivity contribution is 0.0802. The van der Waals surface area contributed by atoms with Crippen molar-refractivity contribution in [2.24, 2.45) is 0 Å². The molecule has 0 fully saturated rings. The SMILES string of the molecule is Nc1ccc(Br)cc1C(=O)NCC(O)CO. The summed E-state index contributed by atoms with van der Waals surface area (Å²) in [5.74, 6) is -0.383. The van der Waals surface area contributed by atoms with Crippen LogP contribution < -0.4 is 11.1 Å². The van der Waals surface area contributed by atoms with Gasteiger partial charge in [-0.15, -0.1) is 0 Å². The molecule has 1 aromatic rings. The summed E-state index contributed by atoms with van der Waals surface area (Å²) in [6.07, 6.45) is -0.961. The number of aliphatic hydroxyl groups is 2. The number of nitrogens with two attached hydrogens (primary N) is 1. The molecule has 1 rings (SSSR count). The molecule has 0 aliphatic heterocycles. The van der Waals surface area contributed by atoms with Gasteiger partial charge >= 0.3 is 0 Å². The van der Waals surface area contributed by atoms with E-state index in [1.165, 1.54) is 0 Å². The largest absolute Gasteiger partial charge is 0.398 e. The van der Waals surface area contributed by atoms with Crippen LogP contribution in [0.4, 0.5) is 5.69 Å². The summed E-state index contributed by atoms with van der Waals surface area (Å²) in [7, 11) is 0. The van der Waals surface area contributed by atoms with Gasteiger partial charge in [-0.25, -0.2) is 0 Å². The zero-order chi connectivity index (χ0) is 12.1. The molecule has 1 amide bonds. The number of aliphatic hydroxyl groups excluding tert-OH is 2. The van der Waals surface area contributed by atoms with Gasteiger partial charge in [0.05, 0.1) is 18.3 Å². The van der Waals surface area contributed by atoms with E-state index >= 15 is 0 Å². The average molecular weight is 289 g/mol. The first-order valence-corrected chi connectivity index (χ1v) is 5.46. The number of benzene rings is 1. The summed E-state index contributed by atoms with van der Waals surface area (Å²) < 4.78 is 0.745. The Balaban J connectivity index is 2.69. The van der Waals surface area contributed by atoms with E-state index in [0.29, 0.717) is 11.3 Å². The molecular weight excluding hydrogens is 276 g/mol. The monoisotopic (exact) mass is 288 g/mol. The number of amides is 1. The molecule has 0 bridgehead atoms. The molecule has 1 unspecified atom stereocenters. The Bertz CT molecular complexity index is 384. The summed E-state index contributed by atoms with van der Waals surface area (Å²) in [6.45, 7) is -0.407. The van der Waals surface area contributed by atoms with E-state index in [4.69, 9.17) is 15.9 Å². The maximum atomic E-state index is 11.6. The Labute approximate surface area is 101 Å². The van der Waals surface area contributed by atoms with Gasteiger partial charge in [0, 0.05) is 16.7 Å². The van der Waals surface area contributed by atoms with Crippen LogP contribution in [0.1, 0.15) is 10.4 Å². The fourth-order valence-corrected chi connectivity index (χ4v) is 1.46. The second kappa shape index (κ2) is 5.83. The summed E-state index contributed by atoms with van der Waals surface area (Å²) in [6, 6.07) is 4.94. The van der Waals surface area contributed by atoms with Gasteiger partial charge in [-0.2, -0.15) is 0 Å². The molecule has 0 aromatic heterocycles. The van der Waals surface area contributed by atoms with Crippen molar-refractivity contribution in [3.05, 3.63) is 28.2 Å². The fraction of sp³-hybridized carbons (Fsp3) is 0.300. The molecule has 16 heavy (non-hydrogen) atoms. The number of carbonyl (C=O) groups is 1. The predicted molar refractivity (Wildman–Crippen MR) is 64.0 cm³/mol. The normalized spacial score (nSPS) is 12.2. The summed E-state index contributed by atoms with van der Waals surface area (Å²) in [4.78, 5) is 11.6. The van der Waals surface area contributed by atoms with Crippen molar-refractivity contribution >= 4 is 27.5 Å². The molecule has 0 heterocycles. The van der Waals surface area contributed by atoms with Crippen LogP contribution in [-0.2, 0) is 0 Å². The predicted octanol–water partition coefficient (Wildman–Crippen LogP) is 0.114. The molecule has 5 nitrogen and oxygen atoms in total. The van der Waals surface area contributed by atoms with Gasteiger partial charge in [0.15, 0.2) is 0 Å². The third kappa shape index (κ3) is 3.48. The molecule has 6 heteroatoms. The Hall–Kier alpha value is -1.11. The van der Waals surface area contributed by atoms with Crippen LogP contribution in [0.2, 0.25) is 0 Å². The zero-order valence-electron chi connectivity index (χ0n) is 8.48. The quantitative estimate of drug-likeness (QED) is 0.592. The Morgan fingerprint density at radius 1 is 1.56 bits per heavy atom. The molecular formula is C10H13BrN2O3. The molecule has 5 N–H and O–H groups in total. The van der Waals surface area contributed by atoms with Crippen LogP contribution in [0, 0.1) is 0 Å². The van der Waals surface area contributed by atoms with Crippen LogP contribution in [0.5, 0.6) is 0 Å². The van der Waals surface area contributed by atoms with Crippen molar-refractivity contribution in [1.29, 1.82) is 0 Å². The summed E-state index contributed by atoms with van der Waals surface area (Å²) in [5.41, 5.74) is 6.33. The van der Waals surface area contributed by atoms with Crippen molar-refractivity contribution in [2.45, 2.75) is 6.10 Å². The van der Waals surface area contributed by atoms with E-state index in [-0.39, 0.29) is 12.5 Å². The highest BCUT2D eigenvalue weighted by atomic mass is 79.9. The van der Waals surface area contributed by atoms with Crippen molar-refractivity contribution in [3.63, 3.8) is 0 Å². The molecule has 1 aromatic carbocycles. The lowest BCUT2D eigenvalue weighted by atomic mass is 10.1. The van der Waals surface area contributed by atoms with E-state index in [0.717, 1.165) is 4.47 Å². The minimum atomic E-state index is -0.961. The van der Waals surface area contributed by atoms with Gasteiger partial charge in [-0.05, 0) is 18.2 Å². The second-order valence-electron chi connectivity index (χ2n) is 3.28. The van der Waals surface area contributed by atoms with E-state index in [1.54, 1.807) is 18.2 Å². The van der Waals surface area contributed by atoms with Gasteiger partial charge in [0.25, 0.3) is 5.91 Å². The topological polar surface area (TPSA) is 95.6 Å². The maximum absolute atomic E-state index is 11.6. The van der Waals surface area contributed by atoms with Crippen LogP contribution in [-0.4, -0.2) is 35.4 Å². The first-order chi connectivity index (χ1) is 7.54. The molecule has 0 aliphatic rings. The van der Waals surface area contributed by atoms with Gasteiger partial charge in [0.1, 0.15) is 0 Å². The highest BCUT2D eigenvalue weighted by Gasteiger charge is 2.11. The first kappa shape index (κ1) is 13.0. The lowest BCUT2D eigenvalue weighted by Gasteiger charge is -2.10. The number of nitrogens with one attached hydrogen (secondary N) is 1. The third-order valence-corrected chi connectivity index (χ3v) is 2.46. The number of hydrogen-bond donors (Lipinski definition) is 4. The summed E-state index contributed by atoms with van der Waals surface area (Å²) in [5, 5.41) is 20.1. The van der Waals surface area contributed by atoms with E-state index < -0.39 is 12.7 Å². The molecule has 0 radical (unpaired) electrons. The minimum absolute atomic E-state index is 0.0126. The maximum Gasteiger partial charge on any atom is 0.253 e. The van der Waals surface area contributed by atoms with Crippen molar-refractivity contribution in [2.75, 3.05) is 18.9 Å². The highest BCUT2D eigenvalue weighted by Crippen LogP contribution is 2.18. The Morgan fingerprint density at radius 2 is 2.25 bits per heavy atom. The first-order valence-electron chi connectivity index (χ1n) is 4.66. The van der Waals surface area contributed by atoms with Crippen LogP contribution in [0.3, 0.4) is 0 Å². The minimum Gasteiger partial charge on any atom is -0.398 e. The number of nitrogen functional groups attached to an aromatic ring is 1. The molecule has 0 spiro atoms. The lowest BCUT2D eigenvalue weighted by Crippen LogP contribution is -2.34. The smallest absolute Gasteiger partial charge is 0.253 e. The Kier molecular flexibility index (Phi) is 4.72. The van der Waals surface area contributed by atoms with Crippen LogP contribution in [0.15, 0.2) is 22.7 Å². The number of anilines is 1. The van der Waals surface area contributed by atoms with E-state index in [9.17, 15) is 4.79 Å². The van der Waals surface area contributed by atoms with Crippen LogP contribution in [0.25, 0.3) is 0 Å². The third-order valence-electron chi connectivity index (χ3n) is 1.97. The van der Waals surface area contributed by atoms with Crippen molar-refractivity contribution in [1.82, 2.24) is 5.32 Å². The van der Waals surface area contributed by atoms with E-state index in [1.807, 2.05) is 0 Å². The van der Waals surface area contributed by atoms with Gasteiger partial charge in [0.2, 0.25) is 0 Å².